The van der Waals surface area contributed by atoms with Crippen molar-refractivity contribution in [3.63, 3.8) is 0 Å². The van der Waals surface area contributed by atoms with Gasteiger partial charge in [0.05, 0.1) is 19.3 Å². The Morgan fingerprint density at radius 2 is 1.72 bits per heavy atom. The maximum Gasteiger partial charge on any atom is 0.322 e. The van der Waals surface area contributed by atoms with Gasteiger partial charge in [-0.15, -0.1) is 0 Å². The largest absolute Gasteiger partial charge is 0.465 e. The quantitative estimate of drug-likeness (QED) is 0.430. The van der Waals surface area contributed by atoms with Crippen molar-refractivity contribution >= 4 is 40.7 Å². The van der Waals surface area contributed by atoms with E-state index in [0.717, 1.165) is 0 Å². The van der Waals surface area contributed by atoms with Gasteiger partial charge in [-0.25, -0.2) is 0 Å². The lowest BCUT2D eigenvalue weighted by Gasteiger charge is -2.25. The summed E-state index contributed by atoms with van der Waals surface area (Å²) in [6.45, 7) is 3.63. The molecule has 2 aromatic carbocycles. The Balaban J connectivity index is 2.01. The number of nitrogens with one attached hydrogen (secondary N) is 1. The summed E-state index contributed by atoms with van der Waals surface area (Å²) < 4.78 is 16.0. The van der Waals surface area contributed by atoms with Crippen molar-refractivity contribution in [1.82, 2.24) is 4.98 Å². The van der Waals surface area contributed by atoms with Crippen LogP contribution in [0.1, 0.15) is 25.5 Å². The number of esters is 2. The molecule has 8 heteroatoms. The average molecular weight is 417 g/mol. The predicted molar refractivity (Wildman–Crippen MR) is 109 cm³/mol. The topological polar surface area (TPSA) is 90.7 Å². The summed E-state index contributed by atoms with van der Waals surface area (Å²) >= 11 is 6.01. The van der Waals surface area contributed by atoms with Gasteiger partial charge in [0.25, 0.3) is 6.01 Å². The fraction of sp³-hybridized carbons (Fsp3) is 0.286. The molecule has 0 saturated carbocycles. The molecule has 0 amide bonds. The maximum absolute atomic E-state index is 12.6. The molecule has 1 aromatic heterocycles. The second-order valence-corrected chi connectivity index (χ2v) is 6.58. The number of carbonyl (C=O) groups is 2. The van der Waals surface area contributed by atoms with Gasteiger partial charge in [0.2, 0.25) is 0 Å². The van der Waals surface area contributed by atoms with Crippen LogP contribution in [0.5, 0.6) is 0 Å². The molecule has 0 saturated heterocycles. The van der Waals surface area contributed by atoms with Gasteiger partial charge in [0, 0.05) is 5.02 Å². The minimum absolute atomic E-state index is 0.137. The van der Waals surface area contributed by atoms with Crippen molar-refractivity contribution in [2.45, 2.75) is 19.9 Å². The third-order valence-corrected chi connectivity index (χ3v) is 4.44. The standard InChI is InChI=1S/C21H21ClN2O5/c1-3-27-19(25)17(20(26)28-4-2)18(13-8-6-5-7-9-13)24-21-23-15-12-14(22)10-11-16(15)29-21/h5-12,17-18H,3-4H2,1-2H3,(H,23,24). The third kappa shape index (κ3) is 4.86. The molecule has 1 N–H and O–H groups in total. The van der Waals surface area contributed by atoms with E-state index in [-0.39, 0.29) is 19.2 Å². The molecule has 3 aromatic rings. The lowest BCUT2D eigenvalue weighted by atomic mass is 9.93. The van der Waals surface area contributed by atoms with E-state index in [1.807, 2.05) is 18.2 Å². The zero-order valence-corrected chi connectivity index (χ0v) is 16.8. The number of fused-ring (bicyclic) bond motifs is 1. The van der Waals surface area contributed by atoms with Gasteiger partial charge in [-0.05, 0) is 37.6 Å². The highest BCUT2D eigenvalue weighted by Crippen LogP contribution is 2.31. The molecule has 7 nitrogen and oxygen atoms in total. The summed E-state index contributed by atoms with van der Waals surface area (Å²) in [4.78, 5) is 29.7. The van der Waals surface area contributed by atoms with E-state index < -0.39 is 23.9 Å². The van der Waals surface area contributed by atoms with Crippen LogP contribution in [-0.4, -0.2) is 30.1 Å². The fourth-order valence-electron chi connectivity index (χ4n) is 2.95. The molecule has 0 fully saturated rings. The van der Waals surface area contributed by atoms with Crippen molar-refractivity contribution in [1.29, 1.82) is 0 Å². The van der Waals surface area contributed by atoms with Crippen molar-refractivity contribution in [3.05, 3.63) is 59.1 Å². The highest BCUT2D eigenvalue weighted by atomic mass is 35.5. The summed E-state index contributed by atoms with van der Waals surface area (Å²) in [6, 6.07) is 13.4. The molecular formula is C21H21ClN2O5. The molecule has 0 spiro atoms. The highest BCUT2D eigenvalue weighted by Gasteiger charge is 2.39. The van der Waals surface area contributed by atoms with E-state index in [9.17, 15) is 9.59 Å². The number of oxazole rings is 1. The number of benzene rings is 2. The molecule has 0 aliphatic rings. The molecule has 0 aliphatic heterocycles. The Labute approximate surface area is 173 Å². The van der Waals surface area contributed by atoms with Gasteiger partial charge in [-0.3, -0.25) is 9.59 Å². The number of aromatic nitrogens is 1. The van der Waals surface area contributed by atoms with Crippen LogP contribution < -0.4 is 5.32 Å². The van der Waals surface area contributed by atoms with Crippen LogP contribution in [-0.2, 0) is 19.1 Å². The number of hydrogen-bond acceptors (Lipinski definition) is 7. The summed E-state index contributed by atoms with van der Waals surface area (Å²) in [5.41, 5.74) is 1.75. The van der Waals surface area contributed by atoms with E-state index in [2.05, 4.69) is 10.3 Å². The third-order valence-electron chi connectivity index (χ3n) is 4.20. The lowest BCUT2D eigenvalue weighted by Crippen LogP contribution is -2.36. The lowest BCUT2D eigenvalue weighted by molar-refractivity contribution is -0.162. The Morgan fingerprint density at radius 3 is 2.34 bits per heavy atom. The van der Waals surface area contributed by atoms with Crippen LogP contribution in [0.15, 0.2) is 52.9 Å². The van der Waals surface area contributed by atoms with Gasteiger partial charge in [0.1, 0.15) is 5.52 Å². The van der Waals surface area contributed by atoms with Crippen LogP contribution in [0.4, 0.5) is 6.01 Å². The number of hydrogen-bond donors (Lipinski definition) is 1. The van der Waals surface area contributed by atoms with Crippen LogP contribution in [0.2, 0.25) is 5.02 Å². The van der Waals surface area contributed by atoms with Crippen LogP contribution in [0.25, 0.3) is 11.1 Å². The summed E-state index contributed by atoms with van der Waals surface area (Å²) in [6.07, 6.45) is 0. The number of halogens is 1. The number of carbonyl (C=O) groups excluding carboxylic acids is 2. The monoisotopic (exact) mass is 416 g/mol. The van der Waals surface area contributed by atoms with E-state index in [1.54, 1.807) is 44.2 Å². The molecular weight excluding hydrogens is 396 g/mol. The van der Waals surface area contributed by atoms with Crippen molar-refractivity contribution in [2.75, 3.05) is 18.5 Å². The van der Waals surface area contributed by atoms with Crippen LogP contribution in [0.3, 0.4) is 0 Å². The Kier molecular flexibility index (Phi) is 6.72. The number of anilines is 1. The highest BCUT2D eigenvalue weighted by molar-refractivity contribution is 6.31. The van der Waals surface area contributed by atoms with Gasteiger partial charge in [-0.2, -0.15) is 4.98 Å². The molecule has 0 radical (unpaired) electrons. The maximum atomic E-state index is 12.6. The molecule has 29 heavy (non-hydrogen) atoms. The number of nitrogens with zero attached hydrogens (tertiary/aromatic N) is 1. The van der Waals surface area contributed by atoms with E-state index >= 15 is 0 Å². The van der Waals surface area contributed by atoms with Crippen molar-refractivity contribution in [2.24, 2.45) is 5.92 Å². The second-order valence-electron chi connectivity index (χ2n) is 6.15. The Bertz CT molecular complexity index is 971. The first-order valence-electron chi connectivity index (χ1n) is 9.24. The molecule has 0 bridgehead atoms. The smallest absolute Gasteiger partial charge is 0.322 e. The normalized spacial score (nSPS) is 12.0. The first-order chi connectivity index (χ1) is 14.0. The van der Waals surface area contributed by atoms with E-state index in [4.69, 9.17) is 25.5 Å². The molecule has 1 unspecified atom stereocenters. The Hall–Kier alpha value is -3.06. The van der Waals surface area contributed by atoms with Crippen molar-refractivity contribution < 1.29 is 23.5 Å². The first-order valence-corrected chi connectivity index (χ1v) is 9.62. The predicted octanol–water partition coefficient (Wildman–Crippen LogP) is 4.38. The van der Waals surface area contributed by atoms with Crippen LogP contribution >= 0.6 is 11.6 Å². The van der Waals surface area contributed by atoms with Crippen LogP contribution in [0, 0.1) is 5.92 Å². The molecule has 3 rings (SSSR count). The number of ether oxygens (including phenoxy) is 2. The van der Waals surface area contributed by atoms with Gasteiger partial charge in [-0.1, -0.05) is 41.9 Å². The fourth-order valence-corrected chi connectivity index (χ4v) is 3.11. The van der Waals surface area contributed by atoms with Gasteiger partial charge >= 0.3 is 11.9 Å². The molecule has 1 atom stereocenters. The van der Waals surface area contributed by atoms with Gasteiger partial charge in [0.15, 0.2) is 11.5 Å². The average Bonchev–Trinajstić information content (AvgIpc) is 3.10. The summed E-state index contributed by atoms with van der Waals surface area (Å²) in [5, 5.41) is 3.58. The zero-order chi connectivity index (χ0) is 20.8. The van der Waals surface area contributed by atoms with Crippen molar-refractivity contribution in [3.8, 4) is 0 Å². The SMILES string of the molecule is CCOC(=O)C(C(=O)OCC)C(Nc1nc2cc(Cl)ccc2o1)c1ccccc1. The van der Waals surface area contributed by atoms with E-state index in [0.29, 0.717) is 21.7 Å². The minimum Gasteiger partial charge on any atom is -0.465 e. The molecule has 1 heterocycles. The van der Waals surface area contributed by atoms with Gasteiger partial charge < -0.3 is 19.2 Å². The second kappa shape index (κ2) is 9.43. The van der Waals surface area contributed by atoms with E-state index in [1.165, 1.54) is 0 Å². The summed E-state index contributed by atoms with van der Waals surface area (Å²) in [5.74, 6) is -2.62. The molecule has 0 aliphatic carbocycles. The Morgan fingerprint density at radius 1 is 1.07 bits per heavy atom. The first kappa shape index (κ1) is 20.7. The molecule has 152 valence electrons. The number of rotatable bonds is 8. The zero-order valence-electron chi connectivity index (χ0n) is 16.1. The minimum atomic E-state index is -1.24. The summed E-state index contributed by atoms with van der Waals surface area (Å²) in [7, 11) is 0.